The van der Waals surface area contributed by atoms with E-state index in [1.165, 1.54) is 0 Å². The van der Waals surface area contributed by atoms with E-state index in [4.69, 9.17) is 14.2 Å². The minimum absolute atomic E-state index is 0.192. The van der Waals surface area contributed by atoms with E-state index >= 15 is 0 Å². The predicted molar refractivity (Wildman–Crippen MR) is 90.9 cm³/mol. The Hall–Kier alpha value is -3.22. The third kappa shape index (κ3) is 4.00. The fraction of sp³-hybridized carbons (Fsp3) is 0.222. The molecule has 0 fully saturated rings. The third-order valence-corrected chi connectivity index (χ3v) is 3.64. The molecule has 1 aliphatic rings. The van der Waals surface area contributed by atoms with Crippen molar-refractivity contribution < 1.29 is 23.8 Å². The van der Waals surface area contributed by atoms with Gasteiger partial charge in [-0.25, -0.2) is 0 Å². The molecule has 0 spiro atoms. The van der Waals surface area contributed by atoms with Gasteiger partial charge in [0, 0.05) is 23.9 Å². The SMILES string of the molecule is COc1ccccc1CNC(=O)C(=O)Nc1ccc2c(c1)OCCO2. The average Bonchev–Trinajstić information content (AvgIpc) is 2.66. The fourth-order valence-electron chi connectivity index (χ4n) is 2.41. The van der Waals surface area contributed by atoms with E-state index in [0.717, 1.165) is 5.56 Å². The molecule has 0 bridgehead atoms. The third-order valence-electron chi connectivity index (χ3n) is 3.64. The number of rotatable bonds is 4. The molecular formula is C18H18N2O5. The Morgan fingerprint density at radius 2 is 1.80 bits per heavy atom. The van der Waals surface area contributed by atoms with Crippen molar-refractivity contribution in [1.82, 2.24) is 5.32 Å². The van der Waals surface area contributed by atoms with Crippen LogP contribution >= 0.6 is 0 Å². The molecule has 2 aromatic carbocycles. The lowest BCUT2D eigenvalue weighted by atomic mass is 10.2. The molecule has 0 saturated carbocycles. The molecular weight excluding hydrogens is 324 g/mol. The average molecular weight is 342 g/mol. The highest BCUT2D eigenvalue weighted by molar-refractivity contribution is 6.39. The lowest BCUT2D eigenvalue weighted by Gasteiger charge is -2.18. The number of nitrogens with one attached hydrogen (secondary N) is 2. The van der Waals surface area contributed by atoms with Crippen LogP contribution in [0.25, 0.3) is 0 Å². The number of fused-ring (bicyclic) bond motifs is 1. The Morgan fingerprint density at radius 1 is 1.04 bits per heavy atom. The van der Waals surface area contributed by atoms with Crippen molar-refractivity contribution in [2.24, 2.45) is 0 Å². The maximum Gasteiger partial charge on any atom is 0.313 e. The Bertz CT molecular complexity index is 791. The first kappa shape index (κ1) is 16.6. The van der Waals surface area contributed by atoms with E-state index in [1.54, 1.807) is 31.4 Å². The number of hydrogen-bond acceptors (Lipinski definition) is 5. The standard InChI is InChI=1S/C18H18N2O5/c1-23-14-5-3-2-4-12(14)11-19-17(21)18(22)20-13-6-7-15-16(10-13)25-9-8-24-15/h2-7,10H,8-9,11H2,1H3,(H,19,21)(H,20,22). The van der Waals surface area contributed by atoms with Crippen LogP contribution in [-0.2, 0) is 16.1 Å². The summed E-state index contributed by atoms with van der Waals surface area (Å²) in [5.41, 5.74) is 1.24. The van der Waals surface area contributed by atoms with Crippen LogP contribution in [0.1, 0.15) is 5.56 Å². The van der Waals surface area contributed by atoms with Gasteiger partial charge in [0.1, 0.15) is 19.0 Å². The lowest BCUT2D eigenvalue weighted by Crippen LogP contribution is -2.35. The Morgan fingerprint density at radius 3 is 2.60 bits per heavy atom. The molecule has 3 rings (SSSR count). The molecule has 7 heteroatoms. The summed E-state index contributed by atoms with van der Waals surface area (Å²) in [4.78, 5) is 24.0. The number of benzene rings is 2. The van der Waals surface area contributed by atoms with Gasteiger partial charge < -0.3 is 24.8 Å². The summed E-state index contributed by atoms with van der Waals surface area (Å²) in [7, 11) is 1.55. The zero-order valence-corrected chi connectivity index (χ0v) is 13.7. The van der Waals surface area contributed by atoms with E-state index in [1.807, 2.05) is 18.2 Å². The van der Waals surface area contributed by atoms with Crippen molar-refractivity contribution >= 4 is 17.5 Å². The number of para-hydroxylation sites is 1. The summed E-state index contributed by atoms with van der Waals surface area (Å²) in [6, 6.07) is 12.2. The molecule has 2 aromatic rings. The van der Waals surface area contributed by atoms with Crippen molar-refractivity contribution in [3.8, 4) is 17.2 Å². The molecule has 1 aliphatic heterocycles. The normalized spacial score (nSPS) is 12.2. The van der Waals surface area contributed by atoms with Gasteiger partial charge in [0.2, 0.25) is 0 Å². The molecule has 1 heterocycles. The van der Waals surface area contributed by atoms with E-state index in [9.17, 15) is 9.59 Å². The van der Waals surface area contributed by atoms with E-state index < -0.39 is 11.8 Å². The number of amides is 2. The van der Waals surface area contributed by atoms with Crippen LogP contribution in [0, 0.1) is 0 Å². The summed E-state index contributed by atoms with van der Waals surface area (Å²) in [6.45, 7) is 1.13. The number of hydrogen-bond donors (Lipinski definition) is 2. The zero-order chi connectivity index (χ0) is 17.6. The van der Waals surface area contributed by atoms with Crippen molar-refractivity contribution in [2.45, 2.75) is 6.54 Å². The molecule has 0 atom stereocenters. The van der Waals surface area contributed by atoms with Gasteiger partial charge in [-0.2, -0.15) is 0 Å². The monoisotopic (exact) mass is 342 g/mol. The van der Waals surface area contributed by atoms with Gasteiger partial charge in [0.05, 0.1) is 7.11 Å². The van der Waals surface area contributed by atoms with Crippen molar-refractivity contribution in [3.63, 3.8) is 0 Å². The van der Waals surface area contributed by atoms with Crippen LogP contribution in [0.15, 0.2) is 42.5 Å². The first-order valence-electron chi connectivity index (χ1n) is 7.78. The number of carbonyl (C=O) groups excluding carboxylic acids is 2. The number of carbonyl (C=O) groups is 2. The van der Waals surface area contributed by atoms with E-state index in [-0.39, 0.29) is 6.54 Å². The number of methoxy groups -OCH3 is 1. The van der Waals surface area contributed by atoms with Crippen molar-refractivity contribution in [1.29, 1.82) is 0 Å². The Kier molecular flexibility index (Phi) is 5.03. The first-order valence-corrected chi connectivity index (χ1v) is 7.78. The molecule has 0 aromatic heterocycles. The van der Waals surface area contributed by atoms with Gasteiger partial charge in [-0.1, -0.05) is 18.2 Å². The quantitative estimate of drug-likeness (QED) is 0.827. The van der Waals surface area contributed by atoms with E-state index in [2.05, 4.69) is 10.6 Å². The van der Waals surface area contributed by atoms with Crippen LogP contribution < -0.4 is 24.8 Å². The molecule has 0 saturated heterocycles. The van der Waals surface area contributed by atoms with Crippen LogP contribution in [0.2, 0.25) is 0 Å². The number of anilines is 1. The topological polar surface area (TPSA) is 85.9 Å². The zero-order valence-electron chi connectivity index (χ0n) is 13.7. The minimum Gasteiger partial charge on any atom is -0.496 e. The molecule has 0 aliphatic carbocycles. The second kappa shape index (κ2) is 7.57. The summed E-state index contributed by atoms with van der Waals surface area (Å²) in [6.07, 6.45) is 0. The summed E-state index contributed by atoms with van der Waals surface area (Å²) in [5, 5.41) is 5.11. The maximum atomic E-state index is 12.0. The van der Waals surface area contributed by atoms with Gasteiger partial charge >= 0.3 is 11.8 Å². The first-order chi connectivity index (χ1) is 12.2. The second-order valence-electron chi connectivity index (χ2n) is 5.31. The Balaban J connectivity index is 1.58. The molecule has 130 valence electrons. The predicted octanol–water partition coefficient (Wildman–Crippen LogP) is 1.72. The molecule has 2 N–H and O–H groups in total. The van der Waals surface area contributed by atoms with Gasteiger partial charge in [-0.05, 0) is 18.2 Å². The molecule has 0 radical (unpaired) electrons. The smallest absolute Gasteiger partial charge is 0.313 e. The van der Waals surface area contributed by atoms with Gasteiger partial charge in [-0.15, -0.1) is 0 Å². The lowest BCUT2D eigenvalue weighted by molar-refractivity contribution is -0.136. The molecule has 25 heavy (non-hydrogen) atoms. The largest absolute Gasteiger partial charge is 0.496 e. The highest BCUT2D eigenvalue weighted by Crippen LogP contribution is 2.32. The highest BCUT2D eigenvalue weighted by Gasteiger charge is 2.17. The summed E-state index contributed by atoms with van der Waals surface area (Å²) in [5.74, 6) is 0.311. The highest BCUT2D eigenvalue weighted by atomic mass is 16.6. The van der Waals surface area contributed by atoms with Crippen LogP contribution in [-0.4, -0.2) is 32.1 Å². The van der Waals surface area contributed by atoms with Gasteiger partial charge in [-0.3, -0.25) is 9.59 Å². The maximum absolute atomic E-state index is 12.0. The summed E-state index contributed by atoms with van der Waals surface area (Å²) < 4.78 is 16.1. The van der Waals surface area contributed by atoms with Crippen molar-refractivity contribution in [3.05, 3.63) is 48.0 Å². The van der Waals surface area contributed by atoms with Crippen LogP contribution in [0.3, 0.4) is 0 Å². The minimum atomic E-state index is -0.758. The summed E-state index contributed by atoms with van der Waals surface area (Å²) >= 11 is 0. The fourth-order valence-corrected chi connectivity index (χ4v) is 2.41. The van der Waals surface area contributed by atoms with Gasteiger partial charge in [0.15, 0.2) is 11.5 Å². The molecule has 2 amide bonds. The van der Waals surface area contributed by atoms with Crippen LogP contribution in [0.4, 0.5) is 5.69 Å². The van der Waals surface area contributed by atoms with Crippen molar-refractivity contribution in [2.75, 3.05) is 25.6 Å². The van der Waals surface area contributed by atoms with E-state index in [0.29, 0.717) is 36.1 Å². The molecule has 0 unspecified atom stereocenters. The second-order valence-corrected chi connectivity index (χ2v) is 5.31. The Labute approximate surface area is 144 Å². The van der Waals surface area contributed by atoms with Gasteiger partial charge in [0.25, 0.3) is 0 Å². The molecule has 7 nitrogen and oxygen atoms in total. The van der Waals surface area contributed by atoms with Crippen LogP contribution in [0.5, 0.6) is 17.2 Å². The number of ether oxygens (including phenoxy) is 3.